The zero-order valence-electron chi connectivity index (χ0n) is 12.1. The minimum absolute atomic E-state index is 0.00548. The molecule has 1 amide bonds. The Kier molecular flexibility index (Phi) is 4.38. The van der Waals surface area contributed by atoms with Crippen LogP contribution >= 0.6 is 11.3 Å². The largest absolute Gasteiger partial charge is 0.467 e. The molecule has 110 valence electrons. The van der Waals surface area contributed by atoms with Gasteiger partial charge in [-0.05, 0) is 24.3 Å². The number of amides is 1. The van der Waals surface area contributed by atoms with Crippen LogP contribution in [-0.4, -0.2) is 28.0 Å². The van der Waals surface area contributed by atoms with Crippen molar-refractivity contribution in [1.29, 1.82) is 5.26 Å². The van der Waals surface area contributed by atoms with Crippen LogP contribution in [0.25, 0.3) is 10.2 Å². The fourth-order valence-electron chi connectivity index (χ4n) is 1.64. The normalized spacial score (nSPS) is 13.7. The van der Waals surface area contributed by atoms with Gasteiger partial charge in [0, 0.05) is 0 Å². The van der Waals surface area contributed by atoms with Gasteiger partial charge in [-0.25, -0.2) is 9.97 Å². The minimum Gasteiger partial charge on any atom is -0.467 e. The first-order valence-electron chi connectivity index (χ1n) is 6.49. The molecule has 0 fully saturated rings. The van der Waals surface area contributed by atoms with Crippen molar-refractivity contribution in [2.45, 2.75) is 26.3 Å². The van der Waals surface area contributed by atoms with Gasteiger partial charge in [0.05, 0.1) is 11.5 Å². The second kappa shape index (κ2) is 6.06. The third-order valence-corrected chi connectivity index (χ3v) is 4.17. The molecule has 0 bridgehead atoms. The average Bonchev–Trinajstić information content (AvgIpc) is 2.93. The van der Waals surface area contributed by atoms with Gasteiger partial charge in [-0.2, -0.15) is 5.26 Å². The lowest BCUT2D eigenvalue weighted by atomic mass is 9.90. The first kappa shape index (κ1) is 15.2. The van der Waals surface area contributed by atoms with Crippen molar-refractivity contribution in [3.8, 4) is 11.9 Å². The van der Waals surface area contributed by atoms with E-state index in [1.165, 1.54) is 17.7 Å². The number of nitriles is 1. The van der Waals surface area contributed by atoms with E-state index in [0.29, 0.717) is 5.88 Å². The SMILES string of the molecule is CC(C)[C@@](C)(C#N)NC(=O)COc1ncnc2sccc12. The van der Waals surface area contributed by atoms with Gasteiger partial charge in [-0.1, -0.05) is 13.8 Å². The van der Waals surface area contributed by atoms with E-state index in [1.54, 1.807) is 6.92 Å². The number of nitrogens with one attached hydrogen (secondary N) is 1. The van der Waals surface area contributed by atoms with Crippen LogP contribution in [0.4, 0.5) is 0 Å². The highest BCUT2D eigenvalue weighted by atomic mass is 32.1. The third-order valence-electron chi connectivity index (χ3n) is 3.35. The topological polar surface area (TPSA) is 87.9 Å². The van der Waals surface area contributed by atoms with Crippen LogP contribution in [0.2, 0.25) is 0 Å². The Balaban J connectivity index is 2.02. The quantitative estimate of drug-likeness (QED) is 0.914. The average molecular weight is 304 g/mol. The van der Waals surface area contributed by atoms with Crippen LogP contribution in [-0.2, 0) is 4.79 Å². The fraction of sp³-hybridized carbons (Fsp3) is 0.429. The number of ether oxygens (including phenoxy) is 1. The van der Waals surface area contributed by atoms with Crippen molar-refractivity contribution < 1.29 is 9.53 Å². The van der Waals surface area contributed by atoms with Crippen LogP contribution in [0.1, 0.15) is 20.8 Å². The van der Waals surface area contributed by atoms with Gasteiger partial charge in [-0.3, -0.25) is 4.79 Å². The van der Waals surface area contributed by atoms with Crippen LogP contribution in [0.5, 0.6) is 5.88 Å². The number of hydrogen-bond donors (Lipinski definition) is 1. The highest BCUT2D eigenvalue weighted by molar-refractivity contribution is 7.16. The number of rotatable bonds is 5. The summed E-state index contributed by atoms with van der Waals surface area (Å²) in [7, 11) is 0. The van der Waals surface area contributed by atoms with E-state index in [2.05, 4.69) is 21.4 Å². The summed E-state index contributed by atoms with van der Waals surface area (Å²) in [6.45, 7) is 5.26. The van der Waals surface area contributed by atoms with Crippen LogP contribution in [0.15, 0.2) is 17.8 Å². The molecular weight excluding hydrogens is 288 g/mol. The zero-order valence-corrected chi connectivity index (χ0v) is 12.9. The van der Waals surface area contributed by atoms with E-state index in [0.717, 1.165) is 10.2 Å². The highest BCUT2D eigenvalue weighted by Crippen LogP contribution is 2.25. The van der Waals surface area contributed by atoms with Crippen molar-refractivity contribution in [1.82, 2.24) is 15.3 Å². The maximum absolute atomic E-state index is 11.9. The molecule has 2 aromatic rings. The monoisotopic (exact) mass is 304 g/mol. The van der Waals surface area contributed by atoms with Gasteiger partial charge in [0.1, 0.15) is 16.7 Å². The number of carbonyl (C=O) groups is 1. The number of nitrogens with zero attached hydrogens (tertiary/aromatic N) is 3. The number of fused-ring (bicyclic) bond motifs is 1. The van der Waals surface area contributed by atoms with Crippen LogP contribution in [0, 0.1) is 17.2 Å². The molecule has 6 nitrogen and oxygen atoms in total. The molecule has 2 rings (SSSR count). The molecule has 1 N–H and O–H groups in total. The number of hydrogen-bond acceptors (Lipinski definition) is 6. The minimum atomic E-state index is -0.913. The molecule has 7 heteroatoms. The lowest BCUT2D eigenvalue weighted by Gasteiger charge is -2.27. The molecule has 2 heterocycles. The summed E-state index contributed by atoms with van der Waals surface area (Å²) in [5.41, 5.74) is -0.913. The second-order valence-electron chi connectivity index (χ2n) is 5.12. The maximum atomic E-state index is 11.9. The molecule has 0 saturated heterocycles. The van der Waals surface area contributed by atoms with Gasteiger partial charge < -0.3 is 10.1 Å². The Morgan fingerprint density at radius 1 is 1.57 bits per heavy atom. The predicted octanol–water partition coefficient (Wildman–Crippen LogP) is 2.12. The van der Waals surface area contributed by atoms with Crippen molar-refractivity contribution in [3.63, 3.8) is 0 Å². The van der Waals surface area contributed by atoms with Crippen molar-refractivity contribution in [2.24, 2.45) is 5.92 Å². The van der Waals surface area contributed by atoms with E-state index >= 15 is 0 Å². The molecule has 0 aliphatic rings. The Labute approximate surface area is 126 Å². The van der Waals surface area contributed by atoms with E-state index in [1.807, 2.05) is 25.3 Å². The Bertz CT molecular complexity index is 692. The zero-order chi connectivity index (χ0) is 15.5. The summed E-state index contributed by atoms with van der Waals surface area (Å²) >= 11 is 1.48. The summed E-state index contributed by atoms with van der Waals surface area (Å²) in [4.78, 5) is 20.9. The summed E-state index contributed by atoms with van der Waals surface area (Å²) < 4.78 is 5.44. The molecule has 2 aromatic heterocycles. The molecular formula is C14H16N4O2S. The fourth-order valence-corrected chi connectivity index (χ4v) is 2.37. The van der Waals surface area contributed by atoms with Crippen LogP contribution < -0.4 is 10.1 Å². The highest BCUT2D eigenvalue weighted by Gasteiger charge is 2.30. The first-order valence-corrected chi connectivity index (χ1v) is 7.37. The van der Waals surface area contributed by atoms with E-state index < -0.39 is 5.54 Å². The summed E-state index contributed by atoms with van der Waals surface area (Å²) in [5, 5.41) is 14.5. The van der Waals surface area contributed by atoms with E-state index in [4.69, 9.17) is 4.74 Å². The van der Waals surface area contributed by atoms with Gasteiger partial charge in [-0.15, -0.1) is 11.3 Å². The van der Waals surface area contributed by atoms with Crippen molar-refractivity contribution in [3.05, 3.63) is 17.8 Å². The smallest absolute Gasteiger partial charge is 0.259 e. The third kappa shape index (κ3) is 3.28. The summed E-state index contributed by atoms with van der Waals surface area (Å²) in [6.07, 6.45) is 1.40. The summed E-state index contributed by atoms with van der Waals surface area (Å²) in [5.74, 6) is 0.0171. The van der Waals surface area contributed by atoms with E-state index in [9.17, 15) is 10.1 Å². The van der Waals surface area contributed by atoms with Gasteiger partial charge in [0.15, 0.2) is 6.61 Å². The standard InChI is InChI=1S/C14H16N4O2S/c1-9(2)14(3,7-15)18-11(19)6-20-12-10-4-5-21-13(10)17-8-16-12/h4-5,8-9H,6H2,1-3H3,(H,18,19)/t14-/m1/s1. The maximum Gasteiger partial charge on any atom is 0.259 e. The Hall–Kier alpha value is -2.20. The molecule has 0 saturated carbocycles. The van der Waals surface area contributed by atoms with Crippen molar-refractivity contribution in [2.75, 3.05) is 6.61 Å². The number of aromatic nitrogens is 2. The molecule has 0 aromatic carbocycles. The lowest BCUT2D eigenvalue weighted by molar-refractivity contribution is -0.124. The van der Waals surface area contributed by atoms with Gasteiger partial charge >= 0.3 is 0 Å². The lowest BCUT2D eigenvalue weighted by Crippen LogP contribution is -2.50. The van der Waals surface area contributed by atoms with Crippen LogP contribution in [0.3, 0.4) is 0 Å². The molecule has 0 unspecified atom stereocenters. The second-order valence-corrected chi connectivity index (χ2v) is 6.02. The predicted molar refractivity (Wildman–Crippen MR) is 79.9 cm³/mol. The molecule has 0 aliphatic carbocycles. The van der Waals surface area contributed by atoms with Gasteiger partial charge in [0.25, 0.3) is 5.91 Å². The molecule has 1 atom stereocenters. The van der Waals surface area contributed by atoms with Crippen molar-refractivity contribution >= 4 is 27.5 Å². The summed E-state index contributed by atoms with van der Waals surface area (Å²) in [6, 6.07) is 3.97. The first-order chi connectivity index (χ1) is 9.96. The Morgan fingerprint density at radius 2 is 2.33 bits per heavy atom. The molecule has 0 spiro atoms. The van der Waals surface area contributed by atoms with Gasteiger partial charge in [0.2, 0.25) is 5.88 Å². The number of carbonyl (C=O) groups excluding carboxylic acids is 1. The number of thiophene rings is 1. The van der Waals surface area contributed by atoms with E-state index in [-0.39, 0.29) is 18.4 Å². The Morgan fingerprint density at radius 3 is 3.00 bits per heavy atom. The molecule has 0 radical (unpaired) electrons. The molecule has 21 heavy (non-hydrogen) atoms. The molecule has 0 aliphatic heterocycles.